The van der Waals surface area contributed by atoms with Crippen molar-refractivity contribution in [3.63, 3.8) is 0 Å². The van der Waals surface area contributed by atoms with Gasteiger partial charge >= 0.3 is 0 Å². The van der Waals surface area contributed by atoms with E-state index in [2.05, 4.69) is 89.0 Å². The minimum absolute atomic E-state index is 0.171. The average Bonchev–Trinajstić information content (AvgIpc) is 3.89. The van der Waals surface area contributed by atoms with Crippen molar-refractivity contribution in [3.8, 4) is 17.0 Å². The van der Waals surface area contributed by atoms with Crippen molar-refractivity contribution >= 4 is 40.3 Å². The lowest BCUT2D eigenvalue weighted by atomic mass is 9.84. The van der Waals surface area contributed by atoms with Gasteiger partial charge in [-0.2, -0.15) is 5.10 Å². The first-order valence-electron chi connectivity index (χ1n) is 19.5. The van der Waals surface area contributed by atoms with Crippen molar-refractivity contribution in [3.05, 3.63) is 79.0 Å². The Hall–Kier alpha value is -5.43. The first-order chi connectivity index (χ1) is 26.4. The molecule has 13 nitrogen and oxygen atoms in total. The van der Waals surface area contributed by atoms with Crippen LogP contribution < -0.4 is 25.2 Å². The first kappa shape index (κ1) is 34.3. The molecule has 3 fully saturated rings. The van der Waals surface area contributed by atoms with E-state index < -0.39 is 0 Å². The number of rotatable bonds is 9. The van der Waals surface area contributed by atoms with Gasteiger partial charge in [0.1, 0.15) is 12.4 Å². The fraction of sp³-hybridized carbons (Fsp3) is 0.439. The van der Waals surface area contributed by atoms with Crippen molar-refractivity contribution in [2.75, 3.05) is 68.0 Å². The molecule has 6 heterocycles. The van der Waals surface area contributed by atoms with Crippen molar-refractivity contribution in [1.82, 2.24) is 34.4 Å². The molecule has 9 rings (SSSR count). The largest absolute Gasteiger partial charge is 0.490 e. The number of piperidine rings is 1. The van der Waals surface area contributed by atoms with Crippen LogP contribution in [0.5, 0.6) is 5.75 Å². The van der Waals surface area contributed by atoms with Gasteiger partial charge < -0.3 is 19.9 Å². The Bertz CT molecular complexity index is 2130. The van der Waals surface area contributed by atoms with E-state index in [0.29, 0.717) is 31.3 Å². The number of aromatic nitrogens is 5. The molecule has 13 heteroatoms. The predicted octanol–water partition coefficient (Wildman–Crippen LogP) is 5.63. The van der Waals surface area contributed by atoms with Crippen molar-refractivity contribution in [2.45, 2.75) is 56.9 Å². The third kappa shape index (κ3) is 7.00. The van der Waals surface area contributed by atoms with Crippen LogP contribution in [-0.4, -0.2) is 93.8 Å². The summed E-state index contributed by atoms with van der Waals surface area (Å²) >= 11 is 0. The zero-order valence-electron chi connectivity index (χ0n) is 30.9. The number of hydrogen-bond donors (Lipinski definition) is 2. The van der Waals surface area contributed by atoms with Gasteiger partial charge in [0.15, 0.2) is 11.5 Å². The number of fused-ring (bicyclic) bond motifs is 2. The number of imide groups is 1. The average molecular weight is 729 g/mol. The number of carbonyl (C=O) groups is 2. The minimum Gasteiger partial charge on any atom is -0.490 e. The molecule has 1 saturated carbocycles. The van der Waals surface area contributed by atoms with Crippen LogP contribution in [0.4, 0.5) is 22.9 Å². The van der Waals surface area contributed by atoms with E-state index in [1.165, 1.54) is 24.9 Å². The Kier molecular flexibility index (Phi) is 9.40. The summed E-state index contributed by atoms with van der Waals surface area (Å²) in [6.07, 6.45) is 16.7. The molecule has 1 atom stereocenters. The van der Waals surface area contributed by atoms with Gasteiger partial charge in [0.25, 0.3) is 0 Å². The highest BCUT2D eigenvalue weighted by atomic mass is 16.5. The number of imidazole rings is 1. The second kappa shape index (κ2) is 14.8. The van der Waals surface area contributed by atoms with Gasteiger partial charge in [0, 0.05) is 69.5 Å². The summed E-state index contributed by atoms with van der Waals surface area (Å²) in [5.74, 6) is 1.79. The predicted molar refractivity (Wildman–Crippen MR) is 209 cm³/mol. The fourth-order valence-corrected chi connectivity index (χ4v) is 8.69. The second-order valence-corrected chi connectivity index (χ2v) is 15.3. The van der Waals surface area contributed by atoms with E-state index in [0.717, 1.165) is 97.6 Å². The molecule has 5 aromatic rings. The number of nitrogens with zero attached hydrogens (tertiary/aromatic N) is 8. The molecule has 1 aliphatic carbocycles. The molecule has 0 bridgehead atoms. The molecule has 2 N–H and O–H groups in total. The van der Waals surface area contributed by atoms with Gasteiger partial charge in [-0.15, -0.1) is 0 Å². The maximum Gasteiger partial charge on any atom is 0.234 e. The maximum absolute atomic E-state index is 12.3. The summed E-state index contributed by atoms with van der Waals surface area (Å²) in [4.78, 5) is 40.5. The highest BCUT2D eigenvalue weighted by Crippen LogP contribution is 2.37. The Morgan fingerprint density at radius 3 is 2.57 bits per heavy atom. The van der Waals surface area contributed by atoms with E-state index >= 15 is 0 Å². The molecular weight excluding hydrogens is 681 g/mol. The van der Waals surface area contributed by atoms with Crippen LogP contribution in [0.25, 0.3) is 16.9 Å². The van der Waals surface area contributed by atoms with Crippen molar-refractivity contribution < 1.29 is 14.3 Å². The third-order valence-corrected chi connectivity index (χ3v) is 12.0. The number of carbonyl (C=O) groups excluding carboxylic acids is 2. The number of ether oxygens (including phenoxy) is 1. The Morgan fingerprint density at radius 2 is 1.76 bits per heavy atom. The fourth-order valence-electron chi connectivity index (χ4n) is 8.69. The topological polar surface area (TPSA) is 125 Å². The normalized spacial score (nSPS) is 22.2. The molecule has 3 aliphatic heterocycles. The molecule has 2 amide bonds. The first-order valence-corrected chi connectivity index (χ1v) is 19.5. The lowest BCUT2D eigenvalue weighted by Crippen LogP contribution is -2.47. The van der Waals surface area contributed by atoms with Gasteiger partial charge in [0.05, 0.1) is 48.0 Å². The summed E-state index contributed by atoms with van der Waals surface area (Å²) < 4.78 is 10.1. The van der Waals surface area contributed by atoms with Crippen LogP contribution in [0.2, 0.25) is 0 Å². The van der Waals surface area contributed by atoms with Crippen LogP contribution in [-0.2, 0) is 9.59 Å². The Labute approximate surface area is 315 Å². The SMILES string of the molecule is CN1CCOc2ccc(-c3cnc(Nc4cnn(C5CCC(CCN6CCN(c7ccc(C8CCC(=O)NC8=O)cc7)CC6)CC5)c4)c4nccn34)cc21. The number of piperazine rings is 1. The van der Waals surface area contributed by atoms with Crippen LogP contribution in [0.1, 0.15) is 62.5 Å². The van der Waals surface area contributed by atoms with Crippen LogP contribution in [0, 0.1) is 5.92 Å². The number of likely N-dealkylation sites (N-methyl/N-ethyl adjacent to an activating group) is 1. The molecule has 280 valence electrons. The van der Waals surface area contributed by atoms with Gasteiger partial charge in [-0.1, -0.05) is 12.1 Å². The molecule has 0 radical (unpaired) electrons. The van der Waals surface area contributed by atoms with Crippen LogP contribution in [0.3, 0.4) is 0 Å². The van der Waals surface area contributed by atoms with Gasteiger partial charge in [0.2, 0.25) is 11.8 Å². The Balaban J connectivity index is 0.742. The second-order valence-electron chi connectivity index (χ2n) is 15.3. The van der Waals surface area contributed by atoms with Gasteiger partial charge in [-0.3, -0.25) is 28.9 Å². The summed E-state index contributed by atoms with van der Waals surface area (Å²) in [7, 11) is 2.09. The zero-order valence-corrected chi connectivity index (χ0v) is 30.9. The Morgan fingerprint density at radius 1 is 0.926 bits per heavy atom. The van der Waals surface area contributed by atoms with E-state index in [1.807, 2.05) is 30.9 Å². The third-order valence-electron chi connectivity index (χ3n) is 12.0. The molecule has 3 aromatic heterocycles. The lowest BCUT2D eigenvalue weighted by Gasteiger charge is -2.37. The zero-order chi connectivity index (χ0) is 36.6. The van der Waals surface area contributed by atoms with Gasteiger partial charge in [-0.05, 0) is 86.9 Å². The van der Waals surface area contributed by atoms with E-state index in [4.69, 9.17) is 14.8 Å². The highest BCUT2D eigenvalue weighted by Gasteiger charge is 2.29. The summed E-state index contributed by atoms with van der Waals surface area (Å²) in [6.45, 7) is 6.86. The van der Waals surface area contributed by atoms with Crippen molar-refractivity contribution in [2.24, 2.45) is 5.92 Å². The van der Waals surface area contributed by atoms with E-state index in [9.17, 15) is 9.59 Å². The minimum atomic E-state index is -0.232. The van der Waals surface area contributed by atoms with Crippen LogP contribution in [0.15, 0.2) is 73.4 Å². The molecule has 0 spiro atoms. The maximum atomic E-state index is 12.3. The smallest absolute Gasteiger partial charge is 0.234 e. The summed E-state index contributed by atoms with van der Waals surface area (Å²) in [5, 5.41) is 10.7. The molecule has 1 unspecified atom stereocenters. The molecule has 2 aromatic carbocycles. The molecule has 4 aliphatic rings. The van der Waals surface area contributed by atoms with E-state index in [-0.39, 0.29) is 17.7 Å². The summed E-state index contributed by atoms with van der Waals surface area (Å²) in [6, 6.07) is 15.1. The number of nitrogens with one attached hydrogen (secondary N) is 2. The molecule has 2 saturated heterocycles. The summed E-state index contributed by atoms with van der Waals surface area (Å²) in [5.41, 5.74) is 7.00. The van der Waals surface area contributed by atoms with E-state index in [1.54, 1.807) is 0 Å². The number of hydrogen-bond acceptors (Lipinski definition) is 10. The number of benzene rings is 2. The van der Waals surface area contributed by atoms with Crippen LogP contribution >= 0.6 is 0 Å². The number of amides is 2. The lowest BCUT2D eigenvalue weighted by molar-refractivity contribution is -0.134. The standard InChI is InChI=1S/C41H48N10O3/c1-47-22-23-54-37-12-6-30(24-35(37)47)36-26-43-39(40-42-15-17-50(36)40)45-31-25-44-51(27-31)33-7-2-28(3-8-33)14-16-48-18-20-49(21-19-48)32-9-4-29(5-10-32)34-11-13-38(52)46-41(34)53/h4-6,9-10,12,15,17,24-28,33-34H,2-3,7-8,11,13-14,16,18-23H2,1H3,(H,43,45)(H,46,52,53). The molecular formula is C41H48N10O3. The van der Waals surface area contributed by atoms with Crippen molar-refractivity contribution in [1.29, 1.82) is 0 Å². The molecule has 54 heavy (non-hydrogen) atoms. The van der Waals surface area contributed by atoms with Gasteiger partial charge in [-0.25, -0.2) is 9.97 Å². The quantitative estimate of drug-likeness (QED) is 0.185. The highest BCUT2D eigenvalue weighted by molar-refractivity contribution is 6.01. The number of anilines is 4. The monoisotopic (exact) mass is 728 g/mol.